The molecular formula is C12H17S2. The molecule has 0 saturated carbocycles. The minimum atomic E-state index is 1.14. The van der Waals surface area contributed by atoms with E-state index in [2.05, 4.69) is 30.3 Å². The van der Waals surface area contributed by atoms with Gasteiger partial charge in [0.2, 0.25) is 0 Å². The molecule has 2 heteroatoms. The van der Waals surface area contributed by atoms with Gasteiger partial charge in [0.25, 0.3) is 0 Å². The highest BCUT2D eigenvalue weighted by atomic mass is 33.1. The van der Waals surface area contributed by atoms with Crippen LogP contribution in [0, 0.1) is 0 Å². The fraction of sp³-hybridized carbons (Fsp3) is 0.500. The summed E-state index contributed by atoms with van der Waals surface area (Å²) in [6.45, 7) is 0. The highest BCUT2D eigenvalue weighted by Gasteiger charge is 1.92. The third-order valence-corrected chi connectivity index (χ3v) is 3.24. The van der Waals surface area contributed by atoms with Crippen LogP contribution < -0.4 is 0 Å². The zero-order valence-corrected chi connectivity index (χ0v) is 10.1. The molecule has 77 valence electrons. The van der Waals surface area contributed by atoms with Crippen molar-refractivity contribution in [2.75, 3.05) is 5.75 Å². The molecule has 1 aromatic carbocycles. The molecule has 1 radical (unpaired) electrons. The third kappa shape index (κ3) is 5.61. The minimum absolute atomic E-state index is 1.14. The number of aryl methyl sites for hydroxylation is 1. The van der Waals surface area contributed by atoms with Gasteiger partial charge in [0, 0.05) is 5.75 Å². The first-order valence-electron chi connectivity index (χ1n) is 5.22. The second kappa shape index (κ2) is 8.25. The molecule has 0 bridgehead atoms. The van der Waals surface area contributed by atoms with Crippen molar-refractivity contribution in [2.24, 2.45) is 0 Å². The van der Waals surface area contributed by atoms with Crippen LogP contribution in [-0.4, -0.2) is 5.75 Å². The van der Waals surface area contributed by atoms with Crippen molar-refractivity contribution in [2.45, 2.75) is 32.1 Å². The van der Waals surface area contributed by atoms with Crippen LogP contribution in [-0.2, 0) is 6.42 Å². The minimum Gasteiger partial charge on any atom is -0.0817 e. The highest BCUT2D eigenvalue weighted by molar-refractivity contribution is 8.68. The summed E-state index contributed by atoms with van der Waals surface area (Å²) in [7, 11) is 1.54. The van der Waals surface area contributed by atoms with Crippen molar-refractivity contribution in [3.63, 3.8) is 0 Å². The topological polar surface area (TPSA) is 0 Å². The van der Waals surface area contributed by atoms with Crippen LogP contribution >= 0.6 is 22.5 Å². The smallest absolute Gasteiger partial charge is 0.00454 e. The lowest BCUT2D eigenvalue weighted by Gasteiger charge is -2.00. The summed E-state index contributed by atoms with van der Waals surface area (Å²) < 4.78 is 0. The van der Waals surface area contributed by atoms with E-state index in [4.69, 9.17) is 11.7 Å². The first-order chi connectivity index (χ1) is 6.93. The molecule has 0 amide bonds. The molecule has 0 atom stereocenters. The van der Waals surface area contributed by atoms with Crippen molar-refractivity contribution in [3.05, 3.63) is 35.9 Å². The van der Waals surface area contributed by atoms with Gasteiger partial charge in [0.1, 0.15) is 0 Å². The lowest BCUT2D eigenvalue weighted by atomic mass is 10.1. The van der Waals surface area contributed by atoms with E-state index in [1.807, 2.05) is 0 Å². The van der Waals surface area contributed by atoms with Crippen LogP contribution in [0.25, 0.3) is 0 Å². The summed E-state index contributed by atoms with van der Waals surface area (Å²) in [5.74, 6) is 1.14. The number of benzene rings is 1. The number of hydrogen-bond acceptors (Lipinski definition) is 1. The molecule has 0 spiro atoms. The Hall–Kier alpha value is -0.0800. The van der Waals surface area contributed by atoms with E-state index in [1.54, 1.807) is 0 Å². The Kier molecular flexibility index (Phi) is 7.06. The van der Waals surface area contributed by atoms with Crippen LogP contribution in [0.3, 0.4) is 0 Å². The number of rotatable bonds is 7. The number of hydrogen-bond donors (Lipinski definition) is 0. The first-order valence-corrected chi connectivity index (χ1v) is 7.13. The molecule has 14 heavy (non-hydrogen) atoms. The van der Waals surface area contributed by atoms with Gasteiger partial charge in [0.15, 0.2) is 0 Å². The van der Waals surface area contributed by atoms with Crippen molar-refractivity contribution < 1.29 is 0 Å². The Morgan fingerprint density at radius 2 is 1.64 bits per heavy atom. The van der Waals surface area contributed by atoms with Gasteiger partial charge in [-0.15, -0.1) is 0 Å². The van der Waals surface area contributed by atoms with E-state index >= 15 is 0 Å². The molecule has 0 aliphatic rings. The molecule has 1 rings (SSSR count). The molecule has 0 aliphatic carbocycles. The van der Waals surface area contributed by atoms with E-state index in [0.717, 1.165) is 5.75 Å². The van der Waals surface area contributed by atoms with Crippen LogP contribution in [0.15, 0.2) is 30.3 Å². The van der Waals surface area contributed by atoms with Gasteiger partial charge < -0.3 is 0 Å². The Labute approximate surface area is 96.3 Å². The SMILES string of the molecule is [S]SCCCCCCc1ccccc1. The molecular weight excluding hydrogens is 208 g/mol. The summed E-state index contributed by atoms with van der Waals surface area (Å²) in [6.07, 6.45) is 6.48. The lowest BCUT2D eigenvalue weighted by molar-refractivity contribution is 0.671. The fourth-order valence-corrected chi connectivity index (χ4v) is 2.16. The average Bonchev–Trinajstić information content (AvgIpc) is 2.25. The molecule has 0 saturated heterocycles. The van der Waals surface area contributed by atoms with Crippen molar-refractivity contribution in [1.29, 1.82) is 0 Å². The maximum absolute atomic E-state index is 4.82. The second-order valence-corrected chi connectivity index (χ2v) is 4.82. The Morgan fingerprint density at radius 3 is 2.36 bits per heavy atom. The molecule has 0 fully saturated rings. The second-order valence-electron chi connectivity index (χ2n) is 3.47. The molecule has 0 heterocycles. The monoisotopic (exact) mass is 225 g/mol. The van der Waals surface area contributed by atoms with E-state index in [0.29, 0.717) is 0 Å². The molecule has 0 N–H and O–H groups in total. The summed E-state index contributed by atoms with van der Waals surface area (Å²) >= 11 is 4.82. The molecule has 0 nitrogen and oxygen atoms in total. The molecule has 1 aromatic rings. The van der Waals surface area contributed by atoms with Gasteiger partial charge >= 0.3 is 0 Å². The summed E-state index contributed by atoms with van der Waals surface area (Å²) in [6, 6.07) is 10.7. The van der Waals surface area contributed by atoms with Crippen molar-refractivity contribution in [3.8, 4) is 0 Å². The van der Waals surface area contributed by atoms with Crippen molar-refractivity contribution >= 4 is 22.5 Å². The van der Waals surface area contributed by atoms with E-state index in [-0.39, 0.29) is 0 Å². The van der Waals surface area contributed by atoms with Crippen LogP contribution in [0.2, 0.25) is 0 Å². The van der Waals surface area contributed by atoms with Crippen LogP contribution in [0.5, 0.6) is 0 Å². The normalized spacial score (nSPS) is 10.4. The summed E-state index contributed by atoms with van der Waals surface area (Å²) in [4.78, 5) is 0. The number of unbranched alkanes of at least 4 members (excludes halogenated alkanes) is 3. The van der Waals surface area contributed by atoms with Gasteiger partial charge in [-0.05, 0) is 36.5 Å². The predicted octanol–water partition coefficient (Wildman–Crippen LogP) is 4.64. The Balaban J connectivity index is 1.99. The maximum Gasteiger partial charge on any atom is 0.00454 e. The zero-order chi connectivity index (χ0) is 10.1. The standard InChI is InChI=1S/C12H17S2/c13-14-11-7-2-1-4-8-12-9-5-3-6-10-12/h3,5-6,9-10H,1-2,4,7-8,11H2. The highest BCUT2D eigenvalue weighted by Crippen LogP contribution is 2.11. The van der Waals surface area contributed by atoms with E-state index < -0.39 is 0 Å². The van der Waals surface area contributed by atoms with Gasteiger partial charge in [-0.25, -0.2) is 0 Å². The summed E-state index contributed by atoms with van der Waals surface area (Å²) in [5, 5.41) is 0. The quantitative estimate of drug-likeness (QED) is 0.481. The molecule has 0 aromatic heterocycles. The zero-order valence-electron chi connectivity index (χ0n) is 8.45. The van der Waals surface area contributed by atoms with Crippen LogP contribution in [0.1, 0.15) is 31.2 Å². The molecule has 0 unspecified atom stereocenters. The van der Waals surface area contributed by atoms with Gasteiger partial charge in [0.05, 0.1) is 0 Å². The van der Waals surface area contributed by atoms with Gasteiger partial charge in [-0.1, -0.05) is 54.0 Å². The van der Waals surface area contributed by atoms with Crippen LogP contribution in [0.4, 0.5) is 0 Å². The maximum atomic E-state index is 4.82. The lowest BCUT2D eigenvalue weighted by Crippen LogP contribution is -1.85. The predicted molar refractivity (Wildman–Crippen MR) is 68.7 cm³/mol. The first kappa shape index (κ1) is 12.0. The fourth-order valence-electron chi connectivity index (χ4n) is 1.49. The Bertz CT molecular complexity index is 221. The van der Waals surface area contributed by atoms with Gasteiger partial charge in [-0.2, -0.15) is 0 Å². The Morgan fingerprint density at radius 1 is 0.929 bits per heavy atom. The largest absolute Gasteiger partial charge is 0.0817 e. The van der Waals surface area contributed by atoms with E-state index in [9.17, 15) is 0 Å². The van der Waals surface area contributed by atoms with Crippen molar-refractivity contribution in [1.82, 2.24) is 0 Å². The van der Waals surface area contributed by atoms with Gasteiger partial charge in [-0.3, -0.25) is 0 Å². The molecule has 0 aliphatic heterocycles. The average molecular weight is 225 g/mol. The van der Waals surface area contributed by atoms with E-state index in [1.165, 1.54) is 48.5 Å². The third-order valence-electron chi connectivity index (χ3n) is 2.29. The summed E-state index contributed by atoms with van der Waals surface area (Å²) in [5.41, 5.74) is 1.46.